The van der Waals surface area contributed by atoms with Gasteiger partial charge < -0.3 is 19.9 Å². The molecule has 0 aliphatic rings. The molecule has 4 nitrogen and oxygen atoms in total. The maximum atomic E-state index is 10.4. The van der Waals surface area contributed by atoms with E-state index in [0.717, 1.165) is 10.0 Å². The van der Waals surface area contributed by atoms with Crippen molar-refractivity contribution in [1.82, 2.24) is 5.32 Å². The number of nitrogens with one attached hydrogen (secondary N) is 1. The first-order chi connectivity index (χ1) is 10.6. The van der Waals surface area contributed by atoms with Gasteiger partial charge in [-0.1, -0.05) is 28.1 Å². The zero-order valence-electron chi connectivity index (χ0n) is 12.7. The predicted molar refractivity (Wildman–Crippen MR) is 90.4 cm³/mol. The van der Waals surface area contributed by atoms with Gasteiger partial charge in [-0.2, -0.15) is 0 Å². The average Bonchev–Trinajstić information content (AvgIpc) is 2.54. The first-order valence-electron chi connectivity index (χ1n) is 6.99. The van der Waals surface area contributed by atoms with Crippen molar-refractivity contribution in [1.29, 1.82) is 0 Å². The van der Waals surface area contributed by atoms with Crippen LogP contribution in [0.2, 0.25) is 0 Å². The highest BCUT2D eigenvalue weighted by Crippen LogP contribution is 2.29. The zero-order chi connectivity index (χ0) is 15.9. The molecule has 1 unspecified atom stereocenters. The Morgan fingerprint density at radius 2 is 1.95 bits per heavy atom. The molecule has 0 fully saturated rings. The van der Waals surface area contributed by atoms with Crippen molar-refractivity contribution in [3.8, 4) is 11.5 Å². The van der Waals surface area contributed by atoms with E-state index in [9.17, 15) is 5.11 Å². The molecule has 0 saturated heterocycles. The highest BCUT2D eigenvalue weighted by atomic mass is 79.9. The SMILES string of the molecule is COc1ccc(OC)c(C(O)CNCc2cccc(Br)c2)c1. The molecule has 2 aromatic carbocycles. The van der Waals surface area contributed by atoms with Gasteiger partial charge in [0, 0.05) is 23.1 Å². The van der Waals surface area contributed by atoms with Crippen LogP contribution >= 0.6 is 15.9 Å². The molecule has 1 atom stereocenters. The van der Waals surface area contributed by atoms with E-state index < -0.39 is 6.10 Å². The molecular weight excluding hydrogens is 346 g/mol. The van der Waals surface area contributed by atoms with Gasteiger partial charge in [0.15, 0.2) is 0 Å². The lowest BCUT2D eigenvalue weighted by Crippen LogP contribution is -2.21. The summed E-state index contributed by atoms with van der Waals surface area (Å²) in [6.07, 6.45) is -0.669. The maximum Gasteiger partial charge on any atom is 0.124 e. The van der Waals surface area contributed by atoms with Crippen LogP contribution in [0.4, 0.5) is 0 Å². The van der Waals surface area contributed by atoms with Crippen molar-refractivity contribution in [3.63, 3.8) is 0 Å². The van der Waals surface area contributed by atoms with Crippen LogP contribution in [-0.4, -0.2) is 25.9 Å². The average molecular weight is 366 g/mol. The summed E-state index contributed by atoms with van der Waals surface area (Å²) in [6.45, 7) is 1.11. The minimum Gasteiger partial charge on any atom is -0.497 e. The van der Waals surface area contributed by atoms with Crippen LogP contribution in [0, 0.1) is 0 Å². The molecule has 0 heterocycles. The lowest BCUT2D eigenvalue weighted by molar-refractivity contribution is 0.169. The van der Waals surface area contributed by atoms with Crippen molar-refractivity contribution < 1.29 is 14.6 Å². The molecule has 2 rings (SSSR count). The fourth-order valence-electron chi connectivity index (χ4n) is 2.21. The van der Waals surface area contributed by atoms with E-state index in [2.05, 4.69) is 21.2 Å². The van der Waals surface area contributed by atoms with Gasteiger partial charge in [-0.15, -0.1) is 0 Å². The Kier molecular flexibility index (Phi) is 6.24. The molecule has 5 heteroatoms. The Labute approximate surface area is 139 Å². The molecule has 2 aromatic rings. The van der Waals surface area contributed by atoms with Crippen LogP contribution in [-0.2, 0) is 6.54 Å². The van der Waals surface area contributed by atoms with Crippen LogP contribution in [0.15, 0.2) is 46.9 Å². The van der Waals surface area contributed by atoms with Crippen LogP contribution < -0.4 is 14.8 Å². The van der Waals surface area contributed by atoms with Gasteiger partial charge in [-0.05, 0) is 35.9 Å². The van der Waals surface area contributed by atoms with Crippen molar-refractivity contribution in [2.24, 2.45) is 0 Å². The number of aliphatic hydroxyl groups is 1. The van der Waals surface area contributed by atoms with E-state index in [1.165, 1.54) is 0 Å². The Bertz CT molecular complexity index is 619. The number of hydrogen-bond donors (Lipinski definition) is 2. The summed E-state index contributed by atoms with van der Waals surface area (Å²) in [4.78, 5) is 0. The maximum absolute atomic E-state index is 10.4. The molecule has 2 N–H and O–H groups in total. The topological polar surface area (TPSA) is 50.7 Å². The van der Waals surface area contributed by atoms with Crippen LogP contribution in [0.25, 0.3) is 0 Å². The molecule has 0 amide bonds. The summed E-state index contributed by atoms with van der Waals surface area (Å²) < 4.78 is 11.5. The monoisotopic (exact) mass is 365 g/mol. The molecule has 0 spiro atoms. The highest BCUT2D eigenvalue weighted by Gasteiger charge is 2.14. The molecule has 0 radical (unpaired) electrons. The fourth-order valence-corrected chi connectivity index (χ4v) is 2.66. The van der Waals surface area contributed by atoms with Crippen molar-refractivity contribution in [2.45, 2.75) is 12.6 Å². The number of rotatable bonds is 7. The summed E-state index contributed by atoms with van der Waals surface area (Å²) in [5.74, 6) is 1.35. The number of halogens is 1. The van der Waals surface area contributed by atoms with E-state index in [4.69, 9.17) is 9.47 Å². The van der Waals surface area contributed by atoms with Gasteiger partial charge in [0.05, 0.1) is 20.3 Å². The lowest BCUT2D eigenvalue weighted by Gasteiger charge is -2.16. The first-order valence-corrected chi connectivity index (χ1v) is 7.78. The van der Waals surface area contributed by atoms with E-state index >= 15 is 0 Å². The predicted octanol–water partition coefficient (Wildman–Crippen LogP) is 3.29. The van der Waals surface area contributed by atoms with Crippen molar-refractivity contribution in [3.05, 3.63) is 58.1 Å². The van der Waals surface area contributed by atoms with Crippen molar-refractivity contribution >= 4 is 15.9 Å². The molecule has 118 valence electrons. The third kappa shape index (κ3) is 4.47. The number of methoxy groups -OCH3 is 2. The molecule has 0 aliphatic carbocycles. The second-order valence-electron chi connectivity index (χ2n) is 4.88. The molecule has 22 heavy (non-hydrogen) atoms. The van der Waals surface area contributed by atoms with Crippen LogP contribution in [0.3, 0.4) is 0 Å². The van der Waals surface area contributed by atoms with Gasteiger partial charge >= 0.3 is 0 Å². The number of aliphatic hydroxyl groups excluding tert-OH is 1. The Morgan fingerprint density at radius 1 is 1.14 bits per heavy atom. The minimum absolute atomic E-state index is 0.427. The standard InChI is InChI=1S/C17H20BrNO3/c1-21-14-6-7-17(22-2)15(9-14)16(20)11-19-10-12-4-3-5-13(18)8-12/h3-9,16,19-20H,10-11H2,1-2H3. The number of ether oxygens (including phenoxy) is 2. The van der Waals surface area contributed by atoms with Crippen LogP contribution in [0.1, 0.15) is 17.2 Å². The van der Waals surface area contributed by atoms with E-state index in [-0.39, 0.29) is 0 Å². The highest BCUT2D eigenvalue weighted by molar-refractivity contribution is 9.10. The fraction of sp³-hybridized carbons (Fsp3) is 0.294. The van der Waals surface area contributed by atoms with Crippen LogP contribution in [0.5, 0.6) is 11.5 Å². The lowest BCUT2D eigenvalue weighted by atomic mass is 10.1. The van der Waals surface area contributed by atoms with Gasteiger partial charge in [-0.25, -0.2) is 0 Å². The Morgan fingerprint density at radius 3 is 2.64 bits per heavy atom. The minimum atomic E-state index is -0.669. The molecule has 0 bridgehead atoms. The Balaban J connectivity index is 1.98. The first kappa shape index (κ1) is 16.8. The van der Waals surface area contributed by atoms with Gasteiger partial charge in [-0.3, -0.25) is 0 Å². The smallest absolute Gasteiger partial charge is 0.124 e. The summed E-state index contributed by atoms with van der Waals surface area (Å²) in [7, 11) is 3.19. The summed E-state index contributed by atoms with van der Waals surface area (Å²) >= 11 is 3.45. The van der Waals surface area contributed by atoms with E-state index in [0.29, 0.717) is 30.2 Å². The van der Waals surface area contributed by atoms with Gasteiger partial charge in [0.2, 0.25) is 0 Å². The largest absolute Gasteiger partial charge is 0.497 e. The van der Waals surface area contributed by atoms with Gasteiger partial charge in [0.25, 0.3) is 0 Å². The van der Waals surface area contributed by atoms with Gasteiger partial charge in [0.1, 0.15) is 11.5 Å². The summed E-state index contributed by atoms with van der Waals surface area (Å²) in [5, 5.41) is 13.6. The quantitative estimate of drug-likeness (QED) is 0.790. The Hall–Kier alpha value is -1.56. The third-order valence-corrected chi connectivity index (χ3v) is 3.84. The molecule has 0 saturated carbocycles. The normalized spacial score (nSPS) is 12.0. The second kappa shape index (κ2) is 8.17. The molecule has 0 aliphatic heterocycles. The summed E-state index contributed by atoms with van der Waals surface area (Å²) in [5.41, 5.74) is 1.86. The number of hydrogen-bond acceptors (Lipinski definition) is 4. The zero-order valence-corrected chi connectivity index (χ0v) is 14.3. The van der Waals surface area contributed by atoms with E-state index in [1.54, 1.807) is 26.4 Å². The molecule has 0 aromatic heterocycles. The second-order valence-corrected chi connectivity index (χ2v) is 5.80. The number of benzene rings is 2. The summed E-state index contributed by atoms with van der Waals surface area (Å²) in [6, 6.07) is 13.5. The third-order valence-electron chi connectivity index (χ3n) is 3.35. The van der Waals surface area contributed by atoms with E-state index in [1.807, 2.05) is 30.3 Å². The van der Waals surface area contributed by atoms with Crippen molar-refractivity contribution in [2.75, 3.05) is 20.8 Å². The molecular formula is C17H20BrNO3.